The van der Waals surface area contributed by atoms with Gasteiger partial charge in [-0.05, 0) is 30.7 Å². The lowest BCUT2D eigenvalue weighted by Crippen LogP contribution is -2.28. The predicted octanol–water partition coefficient (Wildman–Crippen LogP) is 3.05. The highest BCUT2D eigenvalue weighted by Crippen LogP contribution is 2.16. The molecule has 0 fully saturated rings. The monoisotopic (exact) mass is 331 g/mol. The number of nitrogens with one attached hydrogen (secondary N) is 2. The smallest absolute Gasteiger partial charge is 0.319 e. The van der Waals surface area contributed by atoms with E-state index in [-0.39, 0.29) is 6.03 Å². The minimum absolute atomic E-state index is 0.242. The number of nitrogens with zero attached hydrogens (tertiary/aromatic N) is 3. The molecule has 7 heteroatoms. The molecule has 0 radical (unpaired) electrons. The maximum Gasteiger partial charge on any atom is 0.319 e. The summed E-state index contributed by atoms with van der Waals surface area (Å²) in [6.45, 7) is 3.55. The zero-order valence-electron chi connectivity index (χ0n) is 13.2. The molecular weight excluding hydrogens is 310 g/mol. The second-order valence-corrected chi connectivity index (χ2v) is 6.71. The largest absolute Gasteiger partial charge is 0.335 e. The zero-order valence-corrected chi connectivity index (χ0v) is 14.0. The van der Waals surface area contributed by atoms with Crippen molar-refractivity contribution in [2.24, 2.45) is 0 Å². The first-order valence-corrected chi connectivity index (χ1v) is 8.92. The average Bonchev–Trinajstić information content (AvgIpc) is 2.98. The number of thioether (sulfide) groups is 1. The highest BCUT2D eigenvalue weighted by Gasteiger charge is 2.12. The molecule has 0 aliphatic carbocycles. The first kappa shape index (κ1) is 15.9. The number of hydrogen-bond donors (Lipinski definition) is 2. The van der Waals surface area contributed by atoms with Crippen LogP contribution >= 0.6 is 11.8 Å². The van der Waals surface area contributed by atoms with Crippen LogP contribution in [0.3, 0.4) is 0 Å². The van der Waals surface area contributed by atoms with Gasteiger partial charge in [0, 0.05) is 19.2 Å². The molecule has 0 bridgehead atoms. The summed E-state index contributed by atoms with van der Waals surface area (Å²) in [6.07, 6.45) is 7.14. The van der Waals surface area contributed by atoms with Gasteiger partial charge in [-0.3, -0.25) is 0 Å². The Bertz CT molecular complexity index is 644. The molecule has 122 valence electrons. The van der Waals surface area contributed by atoms with Crippen molar-refractivity contribution >= 4 is 23.5 Å². The Kier molecular flexibility index (Phi) is 5.17. The van der Waals surface area contributed by atoms with Crippen LogP contribution in [0, 0.1) is 0 Å². The summed E-state index contributed by atoms with van der Waals surface area (Å²) in [5.74, 6) is 2.11. The number of carbonyl (C=O) groups is 1. The molecule has 0 unspecified atom stereocenters. The second-order valence-electron chi connectivity index (χ2n) is 5.42. The van der Waals surface area contributed by atoms with Crippen LogP contribution in [-0.2, 0) is 19.5 Å². The van der Waals surface area contributed by atoms with Crippen LogP contribution in [0.5, 0.6) is 0 Å². The number of aryl methyl sites for hydroxylation is 2. The van der Waals surface area contributed by atoms with Crippen molar-refractivity contribution in [2.45, 2.75) is 44.3 Å². The summed E-state index contributed by atoms with van der Waals surface area (Å²) in [5.41, 5.74) is 1.59. The average molecular weight is 331 g/mol. The molecule has 6 nitrogen and oxygen atoms in total. The number of aromatic nitrogens is 3. The van der Waals surface area contributed by atoms with Crippen molar-refractivity contribution in [3.63, 3.8) is 0 Å². The van der Waals surface area contributed by atoms with Gasteiger partial charge in [0.05, 0.1) is 29.1 Å². The summed E-state index contributed by atoms with van der Waals surface area (Å²) in [5, 5.41) is 6.58. The van der Waals surface area contributed by atoms with Gasteiger partial charge in [0.2, 0.25) is 0 Å². The van der Waals surface area contributed by atoms with Gasteiger partial charge in [0.1, 0.15) is 5.82 Å². The molecule has 2 N–H and O–H groups in total. The number of amides is 2. The third kappa shape index (κ3) is 4.25. The Balaban J connectivity index is 1.50. The molecule has 2 aromatic rings. The van der Waals surface area contributed by atoms with Gasteiger partial charge in [-0.1, -0.05) is 6.92 Å². The lowest BCUT2D eigenvalue weighted by Gasteiger charge is -2.11. The standard InChI is InChI=1S/C16H21N5OS/c1-2-23-15-7-6-12(9-17-15)20-16(22)18-10-13-11-21-8-4-3-5-14(21)19-13/h6-7,9,11H,2-5,8,10H2,1H3,(H2,18,20,22). The highest BCUT2D eigenvalue weighted by atomic mass is 32.2. The van der Waals surface area contributed by atoms with E-state index in [9.17, 15) is 4.79 Å². The first-order chi connectivity index (χ1) is 11.2. The normalized spacial score (nSPS) is 13.4. The lowest BCUT2D eigenvalue weighted by atomic mass is 10.2. The molecule has 1 aliphatic heterocycles. The molecule has 0 saturated carbocycles. The topological polar surface area (TPSA) is 71.8 Å². The molecule has 23 heavy (non-hydrogen) atoms. The maximum atomic E-state index is 11.9. The molecule has 0 aromatic carbocycles. The van der Waals surface area contributed by atoms with E-state index in [1.165, 1.54) is 12.8 Å². The van der Waals surface area contributed by atoms with E-state index in [1.54, 1.807) is 18.0 Å². The Hall–Kier alpha value is -2.02. The fraction of sp³-hybridized carbons (Fsp3) is 0.438. The Morgan fingerprint density at radius 3 is 3.04 bits per heavy atom. The number of carbonyl (C=O) groups excluding carboxylic acids is 1. The number of pyridine rings is 1. The summed E-state index contributed by atoms with van der Waals surface area (Å²) in [4.78, 5) is 20.8. The zero-order chi connectivity index (χ0) is 16.1. The number of fused-ring (bicyclic) bond motifs is 1. The Labute approximate surface area is 140 Å². The van der Waals surface area contributed by atoms with Crippen LogP contribution in [-0.4, -0.2) is 26.3 Å². The molecule has 0 saturated heterocycles. The summed E-state index contributed by atoms with van der Waals surface area (Å²) >= 11 is 1.67. The first-order valence-electron chi connectivity index (χ1n) is 7.93. The van der Waals surface area contributed by atoms with Crippen molar-refractivity contribution in [1.29, 1.82) is 0 Å². The molecule has 3 heterocycles. The fourth-order valence-electron chi connectivity index (χ4n) is 2.59. The van der Waals surface area contributed by atoms with Gasteiger partial charge in [-0.15, -0.1) is 11.8 Å². The molecule has 0 spiro atoms. The molecule has 0 atom stereocenters. The van der Waals surface area contributed by atoms with E-state index in [0.717, 1.165) is 35.3 Å². The van der Waals surface area contributed by atoms with Crippen LogP contribution in [0.25, 0.3) is 0 Å². The number of anilines is 1. The van der Waals surface area contributed by atoms with Crippen molar-refractivity contribution in [2.75, 3.05) is 11.1 Å². The third-order valence-corrected chi connectivity index (χ3v) is 4.50. The molecule has 2 aromatic heterocycles. The molecule has 2 amide bonds. The summed E-state index contributed by atoms with van der Waals surface area (Å²) in [7, 11) is 0. The quantitative estimate of drug-likeness (QED) is 0.826. The van der Waals surface area contributed by atoms with Crippen LogP contribution in [0.4, 0.5) is 10.5 Å². The van der Waals surface area contributed by atoms with Crippen molar-refractivity contribution < 1.29 is 4.79 Å². The number of imidazole rings is 1. The Morgan fingerprint density at radius 2 is 2.30 bits per heavy atom. The van der Waals surface area contributed by atoms with Gasteiger partial charge >= 0.3 is 6.03 Å². The van der Waals surface area contributed by atoms with Crippen molar-refractivity contribution in [1.82, 2.24) is 19.9 Å². The van der Waals surface area contributed by atoms with Crippen LogP contribution in [0.2, 0.25) is 0 Å². The van der Waals surface area contributed by atoms with Crippen LogP contribution < -0.4 is 10.6 Å². The van der Waals surface area contributed by atoms with Gasteiger partial charge < -0.3 is 15.2 Å². The third-order valence-electron chi connectivity index (χ3n) is 3.67. The highest BCUT2D eigenvalue weighted by molar-refractivity contribution is 7.99. The van der Waals surface area contributed by atoms with Crippen LogP contribution in [0.1, 0.15) is 31.3 Å². The SMILES string of the molecule is CCSc1ccc(NC(=O)NCc2cn3c(n2)CCCC3)cn1. The number of rotatable bonds is 5. The number of hydrogen-bond acceptors (Lipinski definition) is 4. The van der Waals surface area contributed by atoms with E-state index in [1.807, 2.05) is 18.3 Å². The Morgan fingerprint density at radius 1 is 1.39 bits per heavy atom. The minimum atomic E-state index is -0.242. The maximum absolute atomic E-state index is 11.9. The minimum Gasteiger partial charge on any atom is -0.335 e. The van der Waals surface area contributed by atoms with Gasteiger partial charge in [0.25, 0.3) is 0 Å². The fourth-order valence-corrected chi connectivity index (χ4v) is 3.18. The van der Waals surface area contributed by atoms with E-state index in [0.29, 0.717) is 12.2 Å². The summed E-state index contributed by atoms with van der Waals surface area (Å²) < 4.78 is 2.19. The van der Waals surface area contributed by atoms with E-state index >= 15 is 0 Å². The molecule has 1 aliphatic rings. The summed E-state index contributed by atoms with van der Waals surface area (Å²) in [6, 6.07) is 3.53. The van der Waals surface area contributed by atoms with Crippen molar-refractivity contribution in [3.05, 3.63) is 36.0 Å². The van der Waals surface area contributed by atoms with Gasteiger partial charge in [-0.2, -0.15) is 0 Å². The second kappa shape index (κ2) is 7.50. The van der Waals surface area contributed by atoms with E-state index in [4.69, 9.17) is 0 Å². The number of urea groups is 1. The predicted molar refractivity (Wildman–Crippen MR) is 91.7 cm³/mol. The van der Waals surface area contributed by atoms with E-state index < -0.39 is 0 Å². The van der Waals surface area contributed by atoms with Crippen molar-refractivity contribution in [3.8, 4) is 0 Å². The lowest BCUT2D eigenvalue weighted by molar-refractivity contribution is 0.251. The van der Waals surface area contributed by atoms with Crippen LogP contribution in [0.15, 0.2) is 29.6 Å². The molecular formula is C16H21N5OS. The van der Waals surface area contributed by atoms with Gasteiger partial charge in [-0.25, -0.2) is 14.8 Å². The van der Waals surface area contributed by atoms with Gasteiger partial charge in [0.15, 0.2) is 0 Å². The van der Waals surface area contributed by atoms with E-state index in [2.05, 4.69) is 32.1 Å². The molecule has 3 rings (SSSR count).